The third-order valence-electron chi connectivity index (χ3n) is 4.20. The van der Waals surface area contributed by atoms with Gasteiger partial charge in [-0.05, 0) is 38.3 Å². The molecular weight excluding hydrogens is 370 g/mol. The number of aliphatic imine (C=N–C) groups is 1. The number of rotatable bonds is 7. The zero-order valence-electron chi connectivity index (χ0n) is 15.6. The van der Waals surface area contributed by atoms with Crippen LogP contribution < -0.4 is 10.6 Å². The van der Waals surface area contributed by atoms with Crippen molar-refractivity contribution in [3.63, 3.8) is 0 Å². The van der Waals surface area contributed by atoms with Crippen LogP contribution in [0.4, 0.5) is 0 Å². The van der Waals surface area contributed by atoms with Crippen LogP contribution >= 0.6 is 11.3 Å². The van der Waals surface area contributed by atoms with Gasteiger partial charge in [0.2, 0.25) is 0 Å². The Morgan fingerprint density at radius 3 is 2.62 bits per heavy atom. The Balaban J connectivity index is 2.04. The van der Waals surface area contributed by atoms with Gasteiger partial charge in [-0.15, -0.1) is 11.3 Å². The lowest BCUT2D eigenvalue weighted by Gasteiger charge is -2.21. The molecule has 144 valence electrons. The van der Waals surface area contributed by atoms with Crippen molar-refractivity contribution in [1.82, 2.24) is 10.6 Å². The number of aliphatic hydroxyl groups excluding tert-OH is 1. The van der Waals surface area contributed by atoms with Crippen molar-refractivity contribution in [2.24, 2.45) is 4.99 Å². The molecule has 0 fully saturated rings. The van der Waals surface area contributed by atoms with E-state index in [0.29, 0.717) is 12.5 Å². The Morgan fingerprint density at radius 2 is 2.00 bits per heavy atom. The topological polar surface area (TPSA) is 90.8 Å². The summed E-state index contributed by atoms with van der Waals surface area (Å²) in [5, 5.41) is 17.7. The molecule has 0 saturated carbocycles. The van der Waals surface area contributed by atoms with Crippen LogP contribution in [0, 0.1) is 0 Å². The third-order valence-corrected chi connectivity index (χ3v) is 7.56. The molecule has 0 bridgehead atoms. The number of nitrogens with zero attached hydrogens (tertiary/aromatic N) is 1. The first-order valence-corrected chi connectivity index (χ1v) is 11.2. The molecule has 1 aromatic carbocycles. The van der Waals surface area contributed by atoms with Gasteiger partial charge in [0.15, 0.2) is 15.8 Å². The number of nitrogens with one attached hydrogen (secondary N) is 2. The highest BCUT2D eigenvalue weighted by molar-refractivity contribution is 7.92. The number of hydrogen-bond donors (Lipinski definition) is 3. The van der Waals surface area contributed by atoms with Crippen LogP contribution in [0.1, 0.15) is 31.8 Å². The van der Waals surface area contributed by atoms with Gasteiger partial charge < -0.3 is 15.7 Å². The van der Waals surface area contributed by atoms with Gasteiger partial charge in [0.05, 0.1) is 11.3 Å². The number of aliphatic hydroxyl groups is 1. The Labute approximate surface area is 159 Å². The Kier molecular flexibility index (Phi) is 6.65. The maximum absolute atomic E-state index is 11.8. The van der Waals surface area contributed by atoms with E-state index in [4.69, 9.17) is 0 Å². The fourth-order valence-corrected chi connectivity index (χ4v) is 3.54. The number of sulfone groups is 1. The van der Waals surface area contributed by atoms with E-state index in [1.165, 1.54) is 6.26 Å². The van der Waals surface area contributed by atoms with Crippen LogP contribution in [0.2, 0.25) is 0 Å². The summed E-state index contributed by atoms with van der Waals surface area (Å²) in [6.07, 6.45) is 0.549. The molecule has 0 aliphatic carbocycles. The SMILES string of the molecule is CCNC(=NCC(C)(C)S(C)(=O)=O)NCC(O)c1cc2ccccc2s1. The summed E-state index contributed by atoms with van der Waals surface area (Å²) in [5.74, 6) is 0.490. The Bertz CT molecular complexity index is 840. The summed E-state index contributed by atoms with van der Waals surface area (Å²) >= 11 is 1.56. The number of guanidine groups is 1. The highest BCUT2D eigenvalue weighted by Crippen LogP contribution is 2.29. The smallest absolute Gasteiger partial charge is 0.191 e. The fourth-order valence-electron chi connectivity index (χ4n) is 2.19. The number of thiophene rings is 1. The van der Waals surface area contributed by atoms with Crippen LogP contribution in [0.25, 0.3) is 10.1 Å². The van der Waals surface area contributed by atoms with Crippen molar-refractivity contribution in [3.05, 3.63) is 35.2 Å². The van der Waals surface area contributed by atoms with Crippen molar-refractivity contribution in [2.45, 2.75) is 31.6 Å². The van der Waals surface area contributed by atoms with Crippen molar-refractivity contribution in [1.29, 1.82) is 0 Å². The van der Waals surface area contributed by atoms with Gasteiger partial charge in [-0.25, -0.2) is 8.42 Å². The van der Waals surface area contributed by atoms with Crippen LogP contribution in [0.3, 0.4) is 0 Å². The maximum atomic E-state index is 11.8. The molecule has 2 rings (SSSR count). The summed E-state index contributed by atoms with van der Waals surface area (Å²) in [5.41, 5.74) is 0. The predicted octanol–water partition coefficient (Wildman–Crippen LogP) is 2.31. The van der Waals surface area contributed by atoms with E-state index >= 15 is 0 Å². The van der Waals surface area contributed by atoms with Gasteiger partial charge in [-0.2, -0.15) is 0 Å². The van der Waals surface area contributed by atoms with Gasteiger partial charge in [0.1, 0.15) is 6.10 Å². The lowest BCUT2D eigenvalue weighted by atomic mass is 10.2. The molecule has 0 amide bonds. The van der Waals surface area contributed by atoms with Gasteiger partial charge in [0, 0.05) is 28.9 Å². The average Bonchev–Trinajstić information content (AvgIpc) is 3.00. The standard InChI is InChI=1S/C18H27N3O3S2/c1-5-19-17(21-12-18(2,3)26(4,23)24)20-11-14(22)16-10-13-8-6-7-9-15(13)25-16/h6-10,14,22H,5,11-12H2,1-4H3,(H2,19,20,21). The molecule has 0 radical (unpaired) electrons. The molecule has 1 unspecified atom stereocenters. The molecule has 0 saturated heterocycles. The van der Waals surface area contributed by atoms with Gasteiger partial charge >= 0.3 is 0 Å². The van der Waals surface area contributed by atoms with E-state index in [9.17, 15) is 13.5 Å². The molecule has 1 aromatic heterocycles. The van der Waals surface area contributed by atoms with E-state index < -0.39 is 20.7 Å². The summed E-state index contributed by atoms with van der Waals surface area (Å²) < 4.78 is 23.8. The first kappa shape index (κ1) is 20.7. The Hall–Kier alpha value is -1.64. The average molecular weight is 398 g/mol. The zero-order valence-corrected chi connectivity index (χ0v) is 17.2. The molecule has 0 aliphatic rings. The minimum absolute atomic E-state index is 0.139. The molecule has 2 aromatic rings. The summed E-state index contributed by atoms with van der Waals surface area (Å²) in [7, 11) is -3.21. The summed E-state index contributed by atoms with van der Waals surface area (Å²) in [6.45, 7) is 6.31. The third kappa shape index (κ3) is 5.18. The predicted molar refractivity (Wildman–Crippen MR) is 110 cm³/mol. The van der Waals surface area contributed by atoms with Crippen LogP contribution in [-0.4, -0.2) is 50.1 Å². The lowest BCUT2D eigenvalue weighted by Crippen LogP contribution is -2.41. The largest absolute Gasteiger partial charge is 0.386 e. The fraction of sp³-hybridized carbons (Fsp3) is 0.500. The molecule has 0 spiro atoms. The van der Waals surface area contributed by atoms with E-state index in [0.717, 1.165) is 15.0 Å². The van der Waals surface area contributed by atoms with E-state index in [-0.39, 0.29) is 13.1 Å². The molecule has 1 heterocycles. The number of hydrogen-bond acceptors (Lipinski definition) is 5. The van der Waals surface area contributed by atoms with Gasteiger partial charge in [0.25, 0.3) is 0 Å². The monoisotopic (exact) mass is 397 g/mol. The summed E-state index contributed by atoms with van der Waals surface area (Å²) in [6, 6.07) is 10.00. The van der Waals surface area contributed by atoms with Crippen LogP contribution in [0.5, 0.6) is 0 Å². The van der Waals surface area contributed by atoms with E-state index in [1.807, 2.05) is 37.3 Å². The van der Waals surface area contributed by atoms with Crippen LogP contribution in [0.15, 0.2) is 35.3 Å². The van der Waals surface area contributed by atoms with Crippen molar-refractivity contribution < 1.29 is 13.5 Å². The van der Waals surface area contributed by atoms with E-state index in [2.05, 4.69) is 15.6 Å². The molecule has 8 heteroatoms. The zero-order chi connectivity index (χ0) is 19.4. The molecule has 0 aliphatic heterocycles. The van der Waals surface area contributed by atoms with Crippen molar-refractivity contribution in [2.75, 3.05) is 25.9 Å². The minimum atomic E-state index is -3.21. The minimum Gasteiger partial charge on any atom is -0.386 e. The molecule has 26 heavy (non-hydrogen) atoms. The van der Waals surface area contributed by atoms with E-state index in [1.54, 1.807) is 25.2 Å². The molecule has 6 nitrogen and oxygen atoms in total. The lowest BCUT2D eigenvalue weighted by molar-refractivity contribution is 0.184. The number of benzene rings is 1. The highest BCUT2D eigenvalue weighted by atomic mass is 32.2. The molecular formula is C18H27N3O3S2. The second kappa shape index (κ2) is 8.37. The second-order valence-corrected chi connectivity index (χ2v) is 10.6. The maximum Gasteiger partial charge on any atom is 0.191 e. The molecule has 1 atom stereocenters. The first-order chi connectivity index (χ1) is 12.1. The second-order valence-electron chi connectivity index (χ2n) is 6.81. The van der Waals surface area contributed by atoms with Crippen molar-refractivity contribution >= 4 is 37.2 Å². The summed E-state index contributed by atoms with van der Waals surface area (Å²) in [4.78, 5) is 5.25. The van der Waals surface area contributed by atoms with Gasteiger partial charge in [-0.3, -0.25) is 4.99 Å². The van der Waals surface area contributed by atoms with Crippen molar-refractivity contribution in [3.8, 4) is 0 Å². The normalized spacial score (nSPS) is 14.4. The van der Waals surface area contributed by atoms with Crippen LogP contribution in [-0.2, 0) is 9.84 Å². The number of fused-ring (bicyclic) bond motifs is 1. The molecule has 3 N–H and O–H groups in total. The Morgan fingerprint density at radius 1 is 1.31 bits per heavy atom. The van der Waals surface area contributed by atoms with Gasteiger partial charge in [-0.1, -0.05) is 18.2 Å². The quantitative estimate of drug-likeness (QED) is 0.493. The highest BCUT2D eigenvalue weighted by Gasteiger charge is 2.30. The first-order valence-electron chi connectivity index (χ1n) is 8.52.